The Hall–Kier alpha value is -3.41. The SMILES string of the molecule is CCOc1ccc(NC(=O)c2cccc(N3C(=O)[C@@H]4[C@@H]5C=C[C@H]([C@H]6C[C@H]56)[C@@H]4C3=O)c2)cc1. The number of rotatable bonds is 5. The van der Waals surface area contributed by atoms with Crippen LogP contribution in [0.15, 0.2) is 60.7 Å². The third kappa shape index (κ3) is 2.82. The molecule has 1 heterocycles. The third-order valence-electron chi connectivity index (χ3n) is 7.45. The van der Waals surface area contributed by atoms with E-state index in [0.717, 1.165) is 12.2 Å². The van der Waals surface area contributed by atoms with Crippen LogP contribution in [0.4, 0.5) is 11.4 Å². The van der Waals surface area contributed by atoms with Crippen LogP contribution < -0.4 is 15.0 Å². The number of hydrogen-bond acceptors (Lipinski definition) is 4. The van der Waals surface area contributed by atoms with Crippen molar-refractivity contribution in [3.8, 4) is 5.75 Å². The van der Waals surface area contributed by atoms with Crippen molar-refractivity contribution >= 4 is 29.1 Å². The Kier molecular flexibility index (Phi) is 4.25. The van der Waals surface area contributed by atoms with Gasteiger partial charge in [0, 0.05) is 11.3 Å². The van der Waals surface area contributed by atoms with Crippen LogP contribution in [0.25, 0.3) is 0 Å². The van der Waals surface area contributed by atoms with Crippen LogP contribution in [-0.2, 0) is 9.59 Å². The Morgan fingerprint density at radius 3 is 2.28 bits per heavy atom. The van der Waals surface area contributed by atoms with Gasteiger partial charge in [-0.25, -0.2) is 4.90 Å². The monoisotopic (exact) mass is 428 g/mol. The van der Waals surface area contributed by atoms with Crippen molar-refractivity contribution in [2.45, 2.75) is 13.3 Å². The topological polar surface area (TPSA) is 75.7 Å². The number of nitrogens with zero attached hydrogens (tertiary/aromatic N) is 1. The van der Waals surface area contributed by atoms with Gasteiger partial charge in [0.25, 0.3) is 5.91 Å². The Labute approximate surface area is 186 Å². The number of nitrogens with one attached hydrogen (secondary N) is 1. The first-order valence-electron chi connectivity index (χ1n) is 11.3. The molecular weight excluding hydrogens is 404 g/mol. The summed E-state index contributed by atoms with van der Waals surface area (Å²) >= 11 is 0. The molecule has 2 aromatic rings. The fraction of sp³-hybridized carbons (Fsp3) is 0.346. The van der Waals surface area contributed by atoms with E-state index in [9.17, 15) is 14.4 Å². The fourth-order valence-corrected chi connectivity index (χ4v) is 6.00. The van der Waals surface area contributed by atoms with Gasteiger partial charge < -0.3 is 10.1 Å². The lowest BCUT2D eigenvalue weighted by Gasteiger charge is -2.37. The van der Waals surface area contributed by atoms with Crippen molar-refractivity contribution in [2.75, 3.05) is 16.8 Å². The molecule has 6 heteroatoms. The summed E-state index contributed by atoms with van der Waals surface area (Å²) in [4.78, 5) is 40.8. The number of imide groups is 1. The van der Waals surface area contributed by atoms with Crippen LogP contribution in [0.3, 0.4) is 0 Å². The maximum absolute atomic E-state index is 13.3. The molecule has 5 aliphatic rings. The van der Waals surface area contributed by atoms with Gasteiger partial charge in [-0.1, -0.05) is 18.2 Å². The first kappa shape index (κ1) is 19.3. The molecular formula is C26H24N2O4. The zero-order chi connectivity index (χ0) is 22.0. The van der Waals surface area contributed by atoms with Crippen LogP contribution in [0.2, 0.25) is 0 Å². The summed E-state index contributed by atoms with van der Waals surface area (Å²) in [5.41, 5.74) is 1.52. The van der Waals surface area contributed by atoms with Gasteiger partial charge >= 0.3 is 0 Å². The Balaban J connectivity index is 1.23. The van der Waals surface area contributed by atoms with Gasteiger partial charge in [-0.2, -0.15) is 0 Å². The highest BCUT2D eigenvalue weighted by Crippen LogP contribution is 2.65. The van der Waals surface area contributed by atoms with Crippen molar-refractivity contribution in [1.29, 1.82) is 0 Å². The minimum atomic E-state index is -0.296. The van der Waals surface area contributed by atoms with Crippen molar-refractivity contribution < 1.29 is 19.1 Å². The molecule has 6 atom stereocenters. The van der Waals surface area contributed by atoms with E-state index in [1.807, 2.05) is 6.92 Å². The van der Waals surface area contributed by atoms with Crippen LogP contribution >= 0.6 is 0 Å². The molecule has 1 saturated heterocycles. The first-order chi connectivity index (χ1) is 15.6. The number of amides is 3. The lowest BCUT2D eigenvalue weighted by molar-refractivity contribution is -0.124. The van der Waals surface area contributed by atoms with Crippen LogP contribution in [0, 0.1) is 35.5 Å². The molecule has 2 saturated carbocycles. The average molecular weight is 428 g/mol. The van der Waals surface area contributed by atoms with Crippen LogP contribution in [-0.4, -0.2) is 24.3 Å². The lowest BCUT2D eigenvalue weighted by Crippen LogP contribution is -2.40. The Bertz CT molecular complexity index is 1120. The normalized spacial score (nSPS) is 31.3. The standard InChI is InChI=1S/C26H24N2O4/c1-2-32-17-8-6-15(7-9-17)27-24(29)14-4-3-5-16(12-14)28-25(30)22-18-10-11-19(21-13-20(18)21)23(22)26(28)31/h3-12,18-23H,2,13H2,1H3,(H,27,29)/t18-,19-,20-,21-,22-,23+/m1/s1. The average Bonchev–Trinajstić information content (AvgIpc) is 3.59. The molecule has 162 valence electrons. The van der Waals surface area contributed by atoms with Gasteiger partial charge in [0.2, 0.25) is 11.8 Å². The maximum Gasteiger partial charge on any atom is 0.255 e. The summed E-state index contributed by atoms with van der Waals surface area (Å²) in [5.74, 6) is 1.21. The second-order valence-corrected chi connectivity index (χ2v) is 9.13. The van der Waals surface area contributed by atoms with Crippen molar-refractivity contribution in [3.05, 3.63) is 66.2 Å². The minimum absolute atomic E-state index is 0.117. The number of hydrogen-bond donors (Lipinski definition) is 1. The molecule has 1 N–H and O–H groups in total. The van der Waals surface area contributed by atoms with Gasteiger partial charge in [0.15, 0.2) is 0 Å². The van der Waals surface area contributed by atoms with Gasteiger partial charge in [-0.05, 0) is 79.5 Å². The van der Waals surface area contributed by atoms with Crippen LogP contribution in [0.5, 0.6) is 5.75 Å². The molecule has 0 spiro atoms. The number of benzene rings is 2. The highest BCUT2D eigenvalue weighted by Gasteiger charge is 2.67. The smallest absolute Gasteiger partial charge is 0.255 e. The Morgan fingerprint density at radius 2 is 1.66 bits per heavy atom. The quantitative estimate of drug-likeness (QED) is 0.579. The van der Waals surface area contributed by atoms with Gasteiger partial charge in [-0.15, -0.1) is 0 Å². The second-order valence-electron chi connectivity index (χ2n) is 9.13. The molecule has 6 nitrogen and oxygen atoms in total. The van der Waals surface area contributed by atoms with Crippen molar-refractivity contribution in [2.24, 2.45) is 35.5 Å². The van der Waals surface area contributed by atoms with Crippen LogP contribution in [0.1, 0.15) is 23.7 Å². The number of carbonyl (C=O) groups is 3. The summed E-state index contributed by atoms with van der Waals surface area (Å²) in [6.07, 6.45) is 5.46. The van der Waals surface area contributed by atoms with E-state index in [0.29, 0.717) is 35.4 Å². The minimum Gasteiger partial charge on any atom is -0.494 e. The van der Waals surface area contributed by atoms with Crippen molar-refractivity contribution in [3.63, 3.8) is 0 Å². The molecule has 7 rings (SSSR count). The fourth-order valence-electron chi connectivity index (χ4n) is 6.00. The predicted octanol–water partition coefficient (Wildman–Crippen LogP) is 3.90. The van der Waals surface area contributed by atoms with Gasteiger partial charge in [0.1, 0.15) is 5.75 Å². The van der Waals surface area contributed by atoms with Crippen molar-refractivity contribution in [1.82, 2.24) is 0 Å². The molecule has 0 aromatic heterocycles. The molecule has 1 aliphatic heterocycles. The van der Waals surface area contributed by atoms with E-state index in [4.69, 9.17) is 4.74 Å². The predicted molar refractivity (Wildman–Crippen MR) is 119 cm³/mol. The van der Waals surface area contributed by atoms with E-state index in [2.05, 4.69) is 17.5 Å². The molecule has 0 radical (unpaired) electrons. The van der Waals surface area contributed by atoms with E-state index in [-0.39, 0.29) is 41.4 Å². The zero-order valence-corrected chi connectivity index (χ0v) is 17.7. The number of carbonyl (C=O) groups excluding carboxylic acids is 3. The third-order valence-corrected chi connectivity index (χ3v) is 7.45. The second kappa shape index (κ2) is 7.05. The highest BCUT2D eigenvalue weighted by atomic mass is 16.5. The molecule has 3 fully saturated rings. The first-order valence-corrected chi connectivity index (χ1v) is 11.3. The van der Waals surface area contributed by atoms with E-state index in [1.54, 1.807) is 48.5 Å². The summed E-state index contributed by atoms with van der Waals surface area (Å²) in [6.45, 7) is 2.49. The molecule has 3 amide bonds. The number of allylic oxidation sites excluding steroid dienone is 2. The largest absolute Gasteiger partial charge is 0.494 e. The van der Waals surface area contributed by atoms with E-state index in [1.165, 1.54) is 4.90 Å². The molecule has 2 aromatic carbocycles. The summed E-state index contributed by atoms with van der Waals surface area (Å²) < 4.78 is 5.43. The van der Waals surface area contributed by atoms with E-state index < -0.39 is 0 Å². The number of ether oxygens (including phenoxy) is 1. The zero-order valence-electron chi connectivity index (χ0n) is 17.7. The lowest BCUT2D eigenvalue weighted by atomic mass is 9.63. The number of anilines is 2. The summed E-state index contributed by atoms with van der Waals surface area (Å²) in [5, 5.41) is 2.86. The van der Waals surface area contributed by atoms with Gasteiger partial charge in [-0.3, -0.25) is 14.4 Å². The molecule has 4 aliphatic carbocycles. The molecule has 2 bridgehead atoms. The Morgan fingerprint density at radius 1 is 1.00 bits per heavy atom. The maximum atomic E-state index is 13.3. The highest BCUT2D eigenvalue weighted by molar-refractivity contribution is 6.23. The summed E-state index contributed by atoms with van der Waals surface area (Å²) in [7, 11) is 0. The summed E-state index contributed by atoms with van der Waals surface area (Å²) in [6, 6.07) is 13.9. The van der Waals surface area contributed by atoms with E-state index >= 15 is 0 Å². The molecule has 32 heavy (non-hydrogen) atoms. The van der Waals surface area contributed by atoms with Gasteiger partial charge in [0.05, 0.1) is 24.1 Å². The molecule has 0 unspecified atom stereocenters.